The van der Waals surface area contributed by atoms with E-state index in [0.29, 0.717) is 12.0 Å². The molecular weight excluding hydrogens is 405 g/mol. The Balaban J connectivity index is 0. The minimum absolute atomic E-state index is 0. The van der Waals surface area contributed by atoms with Crippen molar-refractivity contribution in [3.05, 3.63) is 0 Å². The lowest BCUT2D eigenvalue weighted by Crippen LogP contribution is -2.45. The van der Waals surface area contributed by atoms with Gasteiger partial charge in [-0.15, -0.1) is 24.0 Å². The first kappa shape index (κ1) is 24.7. The van der Waals surface area contributed by atoms with E-state index in [0.717, 1.165) is 26.2 Å². The van der Waals surface area contributed by atoms with E-state index in [1.807, 2.05) is 27.7 Å². The molecule has 138 valence electrons. The van der Waals surface area contributed by atoms with Gasteiger partial charge in [0.25, 0.3) is 0 Å². The molecule has 0 atom stereocenters. The van der Waals surface area contributed by atoms with Crippen molar-refractivity contribution in [2.45, 2.75) is 60.0 Å². The zero-order chi connectivity index (χ0) is 17.2. The third-order valence-corrected chi connectivity index (χ3v) is 3.07. The molecule has 7 heteroatoms. The zero-order valence-electron chi connectivity index (χ0n) is 15.8. The summed E-state index contributed by atoms with van der Waals surface area (Å²) in [5.41, 5.74) is -0.225. The number of hydrogen-bond donors (Lipinski definition) is 3. The summed E-state index contributed by atoms with van der Waals surface area (Å²) in [6, 6.07) is 0.531. The molecule has 0 saturated heterocycles. The maximum absolute atomic E-state index is 11.8. The molecule has 0 aliphatic rings. The van der Waals surface area contributed by atoms with Crippen molar-refractivity contribution >= 4 is 35.8 Å². The Labute approximate surface area is 159 Å². The largest absolute Gasteiger partial charge is 0.357 e. The van der Waals surface area contributed by atoms with Gasteiger partial charge in [0.15, 0.2) is 5.96 Å². The Bertz CT molecular complexity index is 353. The molecule has 0 spiro atoms. The van der Waals surface area contributed by atoms with E-state index >= 15 is 0 Å². The van der Waals surface area contributed by atoms with Crippen molar-refractivity contribution in [1.29, 1.82) is 0 Å². The zero-order valence-corrected chi connectivity index (χ0v) is 18.2. The average molecular weight is 441 g/mol. The minimum Gasteiger partial charge on any atom is -0.357 e. The molecule has 3 N–H and O–H groups in total. The predicted octanol–water partition coefficient (Wildman–Crippen LogP) is 1.80. The van der Waals surface area contributed by atoms with Gasteiger partial charge in [-0.05, 0) is 48.1 Å². The predicted molar refractivity (Wildman–Crippen MR) is 110 cm³/mol. The first-order chi connectivity index (χ1) is 10.2. The molecule has 23 heavy (non-hydrogen) atoms. The van der Waals surface area contributed by atoms with E-state index in [-0.39, 0.29) is 42.0 Å². The van der Waals surface area contributed by atoms with E-state index < -0.39 is 0 Å². The van der Waals surface area contributed by atoms with Crippen LogP contribution in [0.5, 0.6) is 0 Å². The summed E-state index contributed by atoms with van der Waals surface area (Å²) in [4.78, 5) is 18.5. The fourth-order valence-corrected chi connectivity index (χ4v) is 2.05. The molecule has 0 unspecified atom stereocenters. The van der Waals surface area contributed by atoms with Crippen molar-refractivity contribution in [3.63, 3.8) is 0 Å². The van der Waals surface area contributed by atoms with Crippen LogP contribution in [0.3, 0.4) is 0 Å². The van der Waals surface area contributed by atoms with Crippen LogP contribution in [-0.2, 0) is 4.79 Å². The molecule has 0 radical (unpaired) electrons. The second kappa shape index (κ2) is 12.8. The summed E-state index contributed by atoms with van der Waals surface area (Å²) in [5.74, 6) is 0.619. The van der Waals surface area contributed by atoms with E-state index in [1.165, 1.54) is 0 Å². The summed E-state index contributed by atoms with van der Waals surface area (Å²) in [6.07, 6.45) is 0. The summed E-state index contributed by atoms with van der Waals surface area (Å²) in [7, 11) is 0. The third kappa shape index (κ3) is 13.6. The lowest BCUT2D eigenvalue weighted by atomic mass is 10.1. The average Bonchev–Trinajstić information content (AvgIpc) is 2.38. The van der Waals surface area contributed by atoms with Crippen LogP contribution in [0.4, 0.5) is 0 Å². The number of nitrogens with zero attached hydrogens (tertiary/aromatic N) is 2. The Hall–Kier alpha value is -0.570. The van der Waals surface area contributed by atoms with E-state index in [1.54, 1.807) is 0 Å². The number of aliphatic imine (C=N–C) groups is 1. The number of carbonyl (C=O) groups is 1. The molecule has 1 amide bonds. The molecule has 0 aromatic heterocycles. The van der Waals surface area contributed by atoms with Crippen molar-refractivity contribution in [3.8, 4) is 0 Å². The van der Waals surface area contributed by atoms with Crippen molar-refractivity contribution in [1.82, 2.24) is 20.9 Å². The molecule has 0 aliphatic carbocycles. The van der Waals surface area contributed by atoms with Gasteiger partial charge >= 0.3 is 0 Å². The van der Waals surface area contributed by atoms with Crippen LogP contribution in [-0.4, -0.2) is 61.1 Å². The highest BCUT2D eigenvalue weighted by Gasteiger charge is 2.13. The van der Waals surface area contributed by atoms with Gasteiger partial charge in [0.1, 0.15) is 6.54 Å². The lowest BCUT2D eigenvalue weighted by molar-refractivity contribution is -0.121. The maximum atomic E-state index is 11.8. The maximum Gasteiger partial charge on any atom is 0.242 e. The number of hydrogen-bond acceptors (Lipinski definition) is 3. The summed E-state index contributed by atoms with van der Waals surface area (Å²) in [5, 5.41) is 9.34. The molecule has 0 bridgehead atoms. The molecule has 0 fully saturated rings. The molecule has 0 rings (SSSR count). The highest BCUT2D eigenvalue weighted by molar-refractivity contribution is 14.0. The van der Waals surface area contributed by atoms with Crippen LogP contribution in [0.2, 0.25) is 0 Å². The Morgan fingerprint density at radius 1 is 1.17 bits per heavy atom. The van der Waals surface area contributed by atoms with E-state index in [9.17, 15) is 4.79 Å². The number of likely N-dealkylation sites (N-methyl/N-ethyl adjacent to an activating group) is 1. The quantitative estimate of drug-likeness (QED) is 0.305. The SMILES string of the molecule is CCNC(=NCC(=O)NC(C)(C)C)NCCN(CC)C(C)C.I. The van der Waals surface area contributed by atoms with Crippen LogP contribution in [0.1, 0.15) is 48.5 Å². The number of nitrogens with one attached hydrogen (secondary N) is 3. The van der Waals surface area contributed by atoms with Gasteiger partial charge < -0.3 is 16.0 Å². The molecular formula is C16H36IN5O. The van der Waals surface area contributed by atoms with Gasteiger partial charge in [-0.3, -0.25) is 9.69 Å². The lowest BCUT2D eigenvalue weighted by Gasteiger charge is -2.25. The minimum atomic E-state index is -0.225. The molecule has 0 aliphatic heterocycles. The topological polar surface area (TPSA) is 68.8 Å². The Kier molecular flexibility index (Phi) is 13.7. The number of guanidine groups is 1. The standard InChI is InChI=1S/C16H35N5O.HI/c1-8-17-15(18-10-11-21(9-2)13(3)4)19-12-14(22)20-16(5,6)7;/h13H,8-12H2,1-7H3,(H,20,22)(H2,17,18,19);1H. The van der Waals surface area contributed by atoms with Crippen LogP contribution in [0.15, 0.2) is 4.99 Å². The normalized spacial score (nSPS) is 12.1. The second-order valence-electron chi connectivity index (χ2n) is 6.64. The monoisotopic (exact) mass is 441 g/mol. The van der Waals surface area contributed by atoms with Crippen molar-refractivity contribution in [2.75, 3.05) is 32.7 Å². The highest BCUT2D eigenvalue weighted by Crippen LogP contribution is 1.98. The number of rotatable bonds is 8. The van der Waals surface area contributed by atoms with Gasteiger partial charge in [-0.2, -0.15) is 0 Å². The molecule has 0 aromatic carbocycles. The van der Waals surface area contributed by atoms with Gasteiger partial charge in [-0.1, -0.05) is 6.92 Å². The summed E-state index contributed by atoms with van der Waals surface area (Å²) >= 11 is 0. The van der Waals surface area contributed by atoms with Gasteiger partial charge in [0, 0.05) is 31.2 Å². The fourth-order valence-electron chi connectivity index (χ4n) is 2.05. The van der Waals surface area contributed by atoms with Crippen LogP contribution < -0.4 is 16.0 Å². The molecule has 0 aromatic rings. The van der Waals surface area contributed by atoms with Crippen molar-refractivity contribution < 1.29 is 4.79 Å². The summed E-state index contributed by atoms with van der Waals surface area (Å²) < 4.78 is 0. The second-order valence-corrected chi connectivity index (χ2v) is 6.64. The fraction of sp³-hybridized carbons (Fsp3) is 0.875. The van der Waals surface area contributed by atoms with Crippen molar-refractivity contribution in [2.24, 2.45) is 4.99 Å². The first-order valence-corrected chi connectivity index (χ1v) is 8.26. The first-order valence-electron chi connectivity index (χ1n) is 8.26. The third-order valence-electron chi connectivity index (χ3n) is 3.07. The van der Waals surface area contributed by atoms with Crippen LogP contribution >= 0.6 is 24.0 Å². The van der Waals surface area contributed by atoms with Gasteiger partial charge in [0.05, 0.1) is 0 Å². The number of carbonyl (C=O) groups excluding carboxylic acids is 1. The molecule has 6 nitrogen and oxygen atoms in total. The highest BCUT2D eigenvalue weighted by atomic mass is 127. The van der Waals surface area contributed by atoms with E-state index in [2.05, 4.69) is 46.6 Å². The van der Waals surface area contributed by atoms with Crippen LogP contribution in [0, 0.1) is 0 Å². The smallest absolute Gasteiger partial charge is 0.242 e. The molecule has 0 saturated carbocycles. The van der Waals surface area contributed by atoms with Gasteiger partial charge in [-0.25, -0.2) is 4.99 Å². The van der Waals surface area contributed by atoms with Gasteiger partial charge in [0.2, 0.25) is 5.91 Å². The Morgan fingerprint density at radius 2 is 1.78 bits per heavy atom. The summed E-state index contributed by atoms with van der Waals surface area (Å²) in [6.45, 7) is 18.1. The Morgan fingerprint density at radius 3 is 2.22 bits per heavy atom. The number of halogens is 1. The van der Waals surface area contributed by atoms with E-state index in [4.69, 9.17) is 0 Å². The van der Waals surface area contributed by atoms with Crippen LogP contribution in [0.25, 0.3) is 0 Å². The number of amides is 1. The molecule has 0 heterocycles.